The summed E-state index contributed by atoms with van der Waals surface area (Å²) in [4.78, 5) is 2.33. The van der Waals surface area contributed by atoms with Crippen molar-refractivity contribution in [2.75, 3.05) is 4.90 Å². The molecule has 0 amide bonds. The number of nitrogens with zero attached hydrogens (tertiary/aromatic N) is 1. The Hall–Kier alpha value is -3.62. The number of halogens is 1. The highest BCUT2D eigenvalue weighted by Crippen LogP contribution is 2.41. The fourth-order valence-electron chi connectivity index (χ4n) is 3.98. The van der Waals surface area contributed by atoms with Gasteiger partial charge in [0.2, 0.25) is 0 Å². The van der Waals surface area contributed by atoms with E-state index in [1.807, 2.05) is 6.07 Å². The molecule has 0 heterocycles. The zero-order valence-electron chi connectivity index (χ0n) is 17.5. The first-order valence-corrected chi connectivity index (χ1v) is 11.4. The smallest absolute Gasteiger partial charge is 0.0540 e. The summed E-state index contributed by atoms with van der Waals surface area (Å²) in [5.74, 6) is 0. The molecule has 5 rings (SSSR count). The average molecular weight is 476 g/mol. The largest absolute Gasteiger partial charge is 0.310 e. The van der Waals surface area contributed by atoms with Gasteiger partial charge in [-0.3, -0.25) is 0 Å². The van der Waals surface area contributed by atoms with Crippen molar-refractivity contribution in [3.63, 3.8) is 0 Å². The summed E-state index contributed by atoms with van der Waals surface area (Å²) in [6.45, 7) is 0. The molecule has 0 saturated heterocycles. The van der Waals surface area contributed by atoms with Gasteiger partial charge in [0.25, 0.3) is 0 Å². The molecule has 5 aromatic rings. The van der Waals surface area contributed by atoms with Crippen molar-refractivity contribution in [1.29, 1.82) is 0 Å². The van der Waals surface area contributed by atoms with E-state index in [4.69, 9.17) is 0 Å². The summed E-state index contributed by atoms with van der Waals surface area (Å²) in [5.41, 5.74) is 8.21. The van der Waals surface area contributed by atoms with Crippen LogP contribution in [0.1, 0.15) is 0 Å². The van der Waals surface area contributed by atoms with Crippen molar-refractivity contribution in [1.82, 2.24) is 0 Å². The highest BCUT2D eigenvalue weighted by atomic mass is 79.9. The molecule has 5 aromatic carbocycles. The molecule has 0 bridgehead atoms. The number of benzene rings is 5. The Morgan fingerprint density at radius 3 is 1.59 bits per heavy atom. The maximum absolute atomic E-state index is 3.55. The van der Waals surface area contributed by atoms with E-state index in [1.54, 1.807) is 0 Å². The van der Waals surface area contributed by atoms with Gasteiger partial charge in [0.15, 0.2) is 0 Å². The maximum Gasteiger partial charge on any atom is 0.0540 e. The van der Waals surface area contributed by atoms with Crippen molar-refractivity contribution >= 4 is 33.0 Å². The minimum atomic E-state index is 1.08. The van der Waals surface area contributed by atoms with Crippen LogP contribution in [0.15, 0.2) is 138 Å². The third-order valence-electron chi connectivity index (χ3n) is 5.55. The molecular weight excluding hydrogens is 454 g/mol. The van der Waals surface area contributed by atoms with Crippen LogP contribution in [0, 0.1) is 0 Å². The molecule has 0 fully saturated rings. The number of hydrogen-bond donors (Lipinski definition) is 0. The SMILES string of the molecule is Brc1ccc(-c2ccccc2N(c2ccccc2)c2ccc(-c3ccccc3)cc2)cc1. The lowest BCUT2D eigenvalue weighted by Crippen LogP contribution is -2.11. The second kappa shape index (κ2) is 9.25. The summed E-state index contributed by atoms with van der Waals surface area (Å²) >= 11 is 3.55. The van der Waals surface area contributed by atoms with E-state index in [0.717, 1.165) is 21.5 Å². The van der Waals surface area contributed by atoms with Gasteiger partial charge >= 0.3 is 0 Å². The molecule has 32 heavy (non-hydrogen) atoms. The molecule has 0 aliphatic carbocycles. The molecule has 0 radical (unpaired) electrons. The maximum atomic E-state index is 3.55. The molecule has 1 nitrogen and oxygen atoms in total. The van der Waals surface area contributed by atoms with E-state index in [9.17, 15) is 0 Å². The Morgan fingerprint density at radius 1 is 0.406 bits per heavy atom. The average Bonchev–Trinajstić information content (AvgIpc) is 2.87. The van der Waals surface area contributed by atoms with Crippen molar-refractivity contribution in [2.45, 2.75) is 0 Å². The van der Waals surface area contributed by atoms with Crippen LogP contribution in [0.2, 0.25) is 0 Å². The molecule has 0 N–H and O–H groups in total. The number of rotatable bonds is 5. The van der Waals surface area contributed by atoms with E-state index >= 15 is 0 Å². The molecule has 0 spiro atoms. The lowest BCUT2D eigenvalue weighted by atomic mass is 10.0. The van der Waals surface area contributed by atoms with Gasteiger partial charge in [0.05, 0.1) is 5.69 Å². The van der Waals surface area contributed by atoms with Crippen LogP contribution >= 0.6 is 15.9 Å². The number of hydrogen-bond acceptors (Lipinski definition) is 1. The fourth-order valence-corrected chi connectivity index (χ4v) is 4.24. The minimum absolute atomic E-state index is 1.08. The number of anilines is 3. The van der Waals surface area contributed by atoms with Crippen LogP contribution in [0.25, 0.3) is 22.3 Å². The molecule has 0 aliphatic rings. The Bertz CT molecular complexity index is 1290. The van der Waals surface area contributed by atoms with Crippen LogP contribution in [-0.4, -0.2) is 0 Å². The van der Waals surface area contributed by atoms with Crippen molar-refractivity contribution < 1.29 is 0 Å². The molecule has 0 aromatic heterocycles. The van der Waals surface area contributed by atoms with Gasteiger partial charge in [0, 0.05) is 21.4 Å². The van der Waals surface area contributed by atoms with Gasteiger partial charge in [-0.05, 0) is 59.2 Å². The standard InChI is InChI=1S/C30H22BrN/c31-26-19-15-25(16-20-26)29-13-7-8-14-30(29)32(27-11-5-2-6-12-27)28-21-17-24(18-22-28)23-9-3-1-4-10-23/h1-22H. The van der Waals surface area contributed by atoms with E-state index in [0.29, 0.717) is 0 Å². The van der Waals surface area contributed by atoms with Gasteiger partial charge in [-0.25, -0.2) is 0 Å². The third kappa shape index (κ3) is 4.23. The first kappa shape index (κ1) is 20.3. The van der Waals surface area contributed by atoms with Gasteiger partial charge < -0.3 is 4.90 Å². The first-order valence-electron chi connectivity index (χ1n) is 10.7. The van der Waals surface area contributed by atoms with Crippen LogP contribution in [0.4, 0.5) is 17.1 Å². The quantitative estimate of drug-likeness (QED) is 0.244. The Morgan fingerprint density at radius 2 is 0.906 bits per heavy atom. The summed E-state index contributed by atoms with van der Waals surface area (Å²) < 4.78 is 1.08. The fraction of sp³-hybridized carbons (Fsp3) is 0. The normalized spacial score (nSPS) is 10.7. The van der Waals surface area contributed by atoms with Crippen LogP contribution in [0.3, 0.4) is 0 Å². The monoisotopic (exact) mass is 475 g/mol. The van der Waals surface area contributed by atoms with Crippen molar-refractivity contribution in [3.8, 4) is 22.3 Å². The van der Waals surface area contributed by atoms with E-state index in [2.05, 4.69) is 148 Å². The molecule has 0 unspecified atom stereocenters. The van der Waals surface area contributed by atoms with E-state index < -0.39 is 0 Å². The zero-order valence-corrected chi connectivity index (χ0v) is 19.1. The van der Waals surface area contributed by atoms with Crippen LogP contribution < -0.4 is 4.90 Å². The Balaban J connectivity index is 1.63. The zero-order chi connectivity index (χ0) is 21.8. The van der Waals surface area contributed by atoms with Crippen molar-refractivity contribution in [2.24, 2.45) is 0 Å². The summed E-state index contributed by atoms with van der Waals surface area (Å²) in [6, 6.07) is 46.9. The molecular formula is C30H22BrN. The van der Waals surface area contributed by atoms with E-state index in [-0.39, 0.29) is 0 Å². The molecule has 2 heteroatoms. The first-order chi connectivity index (χ1) is 15.8. The summed E-state index contributed by atoms with van der Waals surface area (Å²) in [5, 5.41) is 0. The van der Waals surface area contributed by atoms with E-state index in [1.165, 1.54) is 22.3 Å². The highest BCUT2D eigenvalue weighted by Gasteiger charge is 2.16. The second-order valence-corrected chi connectivity index (χ2v) is 8.52. The topological polar surface area (TPSA) is 3.24 Å². The summed E-state index contributed by atoms with van der Waals surface area (Å²) in [6.07, 6.45) is 0. The minimum Gasteiger partial charge on any atom is -0.310 e. The van der Waals surface area contributed by atoms with Gasteiger partial charge in [-0.1, -0.05) is 107 Å². The Kier molecular flexibility index (Phi) is 5.87. The predicted molar refractivity (Wildman–Crippen MR) is 140 cm³/mol. The lowest BCUT2D eigenvalue weighted by Gasteiger charge is -2.28. The second-order valence-electron chi connectivity index (χ2n) is 7.61. The van der Waals surface area contributed by atoms with Crippen LogP contribution in [0.5, 0.6) is 0 Å². The van der Waals surface area contributed by atoms with Gasteiger partial charge in [-0.2, -0.15) is 0 Å². The Labute approximate surface area is 197 Å². The lowest BCUT2D eigenvalue weighted by molar-refractivity contribution is 1.28. The molecule has 0 saturated carbocycles. The van der Waals surface area contributed by atoms with Gasteiger partial charge in [-0.15, -0.1) is 0 Å². The molecule has 0 atom stereocenters. The van der Waals surface area contributed by atoms with Crippen molar-refractivity contribution in [3.05, 3.63) is 138 Å². The molecule has 0 aliphatic heterocycles. The third-order valence-corrected chi connectivity index (χ3v) is 6.08. The number of para-hydroxylation sites is 2. The predicted octanol–water partition coefficient (Wildman–Crippen LogP) is 9.25. The van der Waals surface area contributed by atoms with Gasteiger partial charge in [0.1, 0.15) is 0 Å². The van der Waals surface area contributed by atoms with Crippen LogP contribution in [-0.2, 0) is 0 Å². The summed E-state index contributed by atoms with van der Waals surface area (Å²) in [7, 11) is 0. The molecule has 154 valence electrons. The highest BCUT2D eigenvalue weighted by molar-refractivity contribution is 9.10.